The average molecular weight is 445 g/mol. The summed E-state index contributed by atoms with van der Waals surface area (Å²) in [7, 11) is 4.02. The third-order valence-electron chi connectivity index (χ3n) is 6.21. The van der Waals surface area contributed by atoms with Crippen LogP contribution in [0.2, 0.25) is 0 Å². The van der Waals surface area contributed by atoms with Gasteiger partial charge < -0.3 is 15.1 Å². The standard InChI is InChI=1S/C26H28N4O3/c1-18-16-21(10-13-23(18)30(32)33)26(31)27-17-25(20-8-11-22(12-9-20)28(2)3)29-15-14-19-6-4-5-7-24(19)29/h4-13,16,25H,14-15,17H2,1-3H3,(H,27,31). The van der Waals surface area contributed by atoms with Gasteiger partial charge in [-0.3, -0.25) is 14.9 Å². The van der Waals surface area contributed by atoms with E-state index in [2.05, 4.69) is 57.6 Å². The number of carbonyl (C=O) groups excluding carboxylic acids is 1. The molecule has 1 heterocycles. The van der Waals surface area contributed by atoms with Crippen molar-refractivity contribution in [2.75, 3.05) is 37.0 Å². The van der Waals surface area contributed by atoms with Crippen molar-refractivity contribution in [3.05, 3.63) is 99.1 Å². The van der Waals surface area contributed by atoms with Gasteiger partial charge in [-0.2, -0.15) is 0 Å². The summed E-state index contributed by atoms with van der Waals surface area (Å²) in [6, 6.07) is 21.2. The van der Waals surface area contributed by atoms with Gasteiger partial charge >= 0.3 is 0 Å². The van der Waals surface area contributed by atoms with Crippen molar-refractivity contribution in [1.82, 2.24) is 5.32 Å². The van der Waals surface area contributed by atoms with Crippen molar-refractivity contribution in [2.45, 2.75) is 19.4 Å². The van der Waals surface area contributed by atoms with Gasteiger partial charge in [-0.1, -0.05) is 30.3 Å². The highest BCUT2D eigenvalue weighted by atomic mass is 16.6. The Hall–Kier alpha value is -3.87. The van der Waals surface area contributed by atoms with Crippen molar-refractivity contribution < 1.29 is 9.72 Å². The topological polar surface area (TPSA) is 78.7 Å². The first-order chi connectivity index (χ1) is 15.8. The molecule has 7 heteroatoms. The first-order valence-corrected chi connectivity index (χ1v) is 11.0. The molecule has 0 aromatic heterocycles. The number of hydrogen-bond acceptors (Lipinski definition) is 5. The van der Waals surface area contributed by atoms with E-state index in [1.54, 1.807) is 13.0 Å². The van der Waals surface area contributed by atoms with E-state index in [0.717, 1.165) is 24.2 Å². The van der Waals surface area contributed by atoms with E-state index in [4.69, 9.17) is 0 Å². The van der Waals surface area contributed by atoms with Gasteiger partial charge in [-0.15, -0.1) is 0 Å². The van der Waals surface area contributed by atoms with Crippen LogP contribution in [-0.2, 0) is 6.42 Å². The first kappa shape index (κ1) is 22.3. The Kier molecular flexibility index (Phi) is 6.31. The Morgan fingerprint density at radius 2 is 1.85 bits per heavy atom. The van der Waals surface area contributed by atoms with Crippen molar-refractivity contribution in [3.63, 3.8) is 0 Å². The van der Waals surface area contributed by atoms with E-state index < -0.39 is 4.92 Å². The lowest BCUT2D eigenvalue weighted by molar-refractivity contribution is -0.385. The molecule has 33 heavy (non-hydrogen) atoms. The minimum atomic E-state index is -0.435. The number of amides is 1. The van der Waals surface area contributed by atoms with Gasteiger partial charge in [-0.25, -0.2) is 0 Å². The molecular weight excluding hydrogens is 416 g/mol. The fourth-order valence-electron chi connectivity index (χ4n) is 4.38. The number of carbonyl (C=O) groups is 1. The number of benzene rings is 3. The Morgan fingerprint density at radius 3 is 2.52 bits per heavy atom. The fourth-order valence-corrected chi connectivity index (χ4v) is 4.38. The van der Waals surface area contributed by atoms with Crippen LogP contribution in [0.1, 0.15) is 33.1 Å². The summed E-state index contributed by atoms with van der Waals surface area (Å²) in [4.78, 5) is 28.0. The molecule has 7 nitrogen and oxygen atoms in total. The van der Waals surface area contributed by atoms with Crippen LogP contribution < -0.4 is 15.1 Å². The molecule has 4 rings (SSSR count). The molecule has 1 N–H and O–H groups in total. The molecule has 0 aliphatic carbocycles. The number of fused-ring (bicyclic) bond motifs is 1. The molecule has 0 fully saturated rings. The molecule has 170 valence electrons. The molecule has 0 radical (unpaired) electrons. The Balaban J connectivity index is 1.58. The number of anilines is 2. The Bertz CT molecular complexity index is 1170. The van der Waals surface area contributed by atoms with Gasteiger partial charge in [0.2, 0.25) is 0 Å². The van der Waals surface area contributed by atoms with E-state index in [-0.39, 0.29) is 17.6 Å². The van der Waals surface area contributed by atoms with Gasteiger partial charge in [0, 0.05) is 55.8 Å². The molecule has 0 bridgehead atoms. The molecular formula is C26H28N4O3. The third kappa shape index (κ3) is 4.67. The monoisotopic (exact) mass is 444 g/mol. The number of nitrogens with one attached hydrogen (secondary N) is 1. The predicted molar refractivity (Wildman–Crippen MR) is 131 cm³/mol. The summed E-state index contributed by atoms with van der Waals surface area (Å²) in [6.07, 6.45) is 0.970. The van der Waals surface area contributed by atoms with Crippen LogP contribution in [0, 0.1) is 17.0 Å². The molecule has 0 spiro atoms. The summed E-state index contributed by atoms with van der Waals surface area (Å²) in [6.45, 7) is 2.95. The summed E-state index contributed by atoms with van der Waals surface area (Å²) < 4.78 is 0. The number of rotatable bonds is 7. The minimum absolute atomic E-state index is 0.0130. The number of nitro groups is 1. The maximum absolute atomic E-state index is 12.9. The van der Waals surface area contributed by atoms with Crippen LogP contribution in [0.25, 0.3) is 0 Å². The van der Waals surface area contributed by atoms with Crippen LogP contribution in [0.15, 0.2) is 66.7 Å². The van der Waals surface area contributed by atoms with Gasteiger partial charge in [0.1, 0.15) is 0 Å². The van der Waals surface area contributed by atoms with Crippen LogP contribution >= 0.6 is 0 Å². The van der Waals surface area contributed by atoms with E-state index >= 15 is 0 Å². The van der Waals surface area contributed by atoms with Crippen molar-refractivity contribution in [2.24, 2.45) is 0 Å². The largest absolute Gasteiger partial charge is 0.378 e. The third-order valence-corrected chi connectivity index (χ3v) is 6.21. The zero-order chi connectivity index (χ0) is 23.5. The number of para-hydroxylation sites is 1. The maximum atomic E-state index is 12.9. The molecule has 0 saturated carbocycles. The highest BCUT2D eigenvalue weighted by molar-refractivity contribution is 5.94. The number of nitro benzene ring substituents is 1. The fraction of sp³-hybridized carbons (Fsp3) is 0.269. The highest BCUT2D eigenvalue weighted by Crippen LogP contribution is 2.35. The second kappa shape index (κ2) is 9.32. The molecule has 1 aliphatic rings. The van der Waals surface area contributed by atoms with E-state index in [9.17, 15) is 14.9 Å². The highest BCUT2D eigenvalue weighted by Gasteiger charge is 2.27. The van der Waals surface area contributed by atoms with Crippen LogP contribution in [0.3, 0.4) is 0 Å². The number of hydrogen-bond donors (Lipinski definition) is 1. The summed E-state index contributed by atoms with van der Waals surface area (Å²) in [5.74, 6) is -0.240. The maximum Gasteiger partial charge on any atom is 0.272 e. The lowest BCUT2D eigenvalue weighted by atomic mass is 10.0. The summed E-state index contributed by atoms with van der Waals surface area (Å²) >= 11 is 0. The lowest BCUT2D eigenvalue weighted by Crippen LogP contribution is -2.37. The van der Waals surface area contributed by atoms with E-state index in [1.165, 1.54) is 23.4 Å². The normalized spacial score (nSPS) is 13.4. The van der Waals surface area contributed by atoms with E-state index in [1.807, 2.05) is 20.2 Å². The summed E-state index contributed by atoms with van der Waals surface area (Å²) in [5.41, 5.74) is 5.64. The molecule has 3 aromatic rings. The quantitative estimate of drug-likeness (QED) is 0.429. The minimum Gasteiger partial charge on any atom is -0.378 e. The van der Waals surface area contributed by atoms with E-state index in [0.29, 0.717) is 17.7 Å². The zero-order valence-electron chi connectivity index (χ0n) is 19.1. The zero-order valence-corrected chi connectivity index (χ0v) is 19.1. The molecule has 1 atom stereocenters. The van der Waals surface area contributed by atoms with Crippen molar-refractivity contribution >= 4 is 23.0 Å². The second-order valence-electron chi connectivity index (χ2n) is 8.54. The smallest absolute Gasteiger partial charge is 0.272 e. The van der Waals surface area contributed by atoms with Crippen LogP contribution in [0.4, 0.5) is 17.1 Å². The second-order valence-corrected chi connectivity index (χ2v) is 8.54. The first-order valence-electron chi connectivity index (χ1n) is 11.0. The summed E-state index contributed by atoms with van der Waals surface area (Å²) in [5, 5.41) is 14.1. The molecule has 3 aromatic carbocycles. The van der Waals surface area contributed by atoms with Gasteiger partial charge in [0.05, 0.1) is 11.0 Å². The molecule has 1 unspecified atom stereocenters. The Labute approximate surface area is 193 Å². The van der Waals surface area contributed by atoms with Crippen LogP contribution in [-0.4, -0.2) is 38.0 Å². The van der Waals surface area contributed by atoms with Crippen molar-refractivity contribution in [3.8, 4) is 0 Å². The molecule has 0 saturated heterocycles. The SMILES string of the molecule is Cc1cc(C(=O)NCC(c2ccc(N(C)C)cc2)N2CCc3ccccc32)ccc1[N+](=O)[O-]. The number of nitrogens with zero attached hydrogens (tertiary/aromatic N) is 3. The average Bonchev–Trinajstić information content (AvgIpc) is 3.23. The van der Waals surface area contributed by atoms with Crippen LogP contribution in [0.5, 0.6) is 0 Å². The van der Waals surface area contributed by atoms with Crippen molar-refractivity contribution in [1.29, 1.82) is 0 Å². The Morgan fingerprint density at radius 1 is 1.12 bits per heavy atom. The lowest BCUT2D eigenvalue weighted by Gasteiger charge is -2.31. The van der Waals surface area contributed by atoms with Gasteiger partial charge in [-0.05, 0) is 54.8 Å². The molecule has 1 amide bonds. The molecule has 1 aliphatic heterocycles. The van der Waals surface area contributed by atoms with Gasteiger partial charge in [0.25, 0.3) is 11.6 Å². The van der Waals surface area contributed by atoms with Gasteiger partial charge in [0.15, 0.2) is 0 Å². The number of aryl methyl sites for hydroxylation is 1. The predicted octanol–water partition coefficient (Wildman–Crippen LogP) is 4.50.